The van der Waals surface area contributed by atoms with Crippen LogP contribution in [-0.2, 0) is 0 Å². The van der Waals surface area contributed by atoms with Crippen molar-refractivity contribution in [3.05, 3.63) is 12.8 Å². The van der Waals surface area contributed by atoms with Gasteiger partial charge in [0, 0.05) is 6.20 Å². The normalized spacial score (nSPS) is 11.1. The van der Waals surface area contributed by atoms with Crippen LogP contribution in [0, 0.1) is 0 Å². The SMILES string of the molecule is C=CN=CN=C[NH2+]C. The summed E-state index contributed by atoms with van der Waals surface area (Å²) in [6.07, 6.45) is 4.53. The van der Waals surface area contributed by atoms with E-state index in [0.29, 0.717) is 0 Å². The van der Waals surface area contributed by atoms with Gasteiger partial charge in [-0.3, -0.25) is 0 Å². The summed E-state index contributed by atoms with van der Waals surface area (Å²) in [5, 5.41) is 1.83. The molecule has 0 saturated carbocycles. The fraction of sp³-hybridized carbons (Fsp3) is 0.200. The van der Waals surface area contributed by atoms with E-state index in [9.17, 15) is 0 Å². The molecule has 3 heteroatoms. The molecule has 44 valence electrons. The average Bonchev–Trinajstić information content (AvgIpc) is 1.81. The number of nitrogens with zero attached hydrogens (tertiary/aromatic N) is 2. The number of aliphatic imine (C=N–C) groups is 2. The lowest BCUT2D eigenvalue weighted by Gasteiger charge is -1.72. The summed E-state index contributed by atoms with van der Waals surface area (Å²) in [6, 6.07) is 0. The molecule has 2 N–H and O–H groups in total. The van der Waals surface area contributed by atoms with Crippen LogP contribution in [0.1, 0.15) is 0 Å². The topological polar surface area (TPSA) is 41.3 Å². The first-order chi connectivity index (χ1) is 3.91. The third-order valence-corrected chi connectivity index (χ3v) is 0.474. The summed E-state index contributed by atoms with van der Waals surface area (Å²) >= 11 is 0. The highest BCUT2D eigenvalue weighted by atomic mass is 14.9. The molecule has 0 aromatic heterocycles. The summed E-state index contributed by atoms with van der Waals surface area (Å²) in [4.78, 5) is 7.37. The second-order valence-electron chi connectivity index (χ2n) is 1.08. The van der Waals surface area contributed by atoms with E-state index in [2.05, 4.69) is 16.6 Å². The molecule has 0 spiro atoms. The monoisotopic (exact) mass is 112 g/mol. The Balaban J connectivity index is 3.26. The van der Waals surface area contributed by atoms with Crippen molar-refractivity contribution in [3.63, 3.8) is 0 Å². The molecule has 0 aromatic rings. The van der Waals surface area contributed by atoms with E-state index in [4.69, 9.17) is 0 Å². The van der Waals surface area contributed by atoms with Gasteiger partial charge in [-0.15, -0.1) is 0 Å². The predicted molar refractivity (Wildman–Crippen MR) is 35.0 cm³/mol. The van der Waals surface area contributed by atoms with Crippen LogP contribution >= 0.6 is 0 Å². The molecule has 0 amide bonds. The number of hydrogen-bond acceptors (Lipinski definition) is 1. The van der Waals surface area contributed by atoms with Gasteiger partial charge >= 0.3 is 0 Å². The standard InChI is InChI=1S/C5H9N3/c1-3-7-5-8-4-6-2/h3-5H,1H2,2H3,(H,6,7,8)/p+1. The Morgan fingerprint density at radius 1 is 1.50 bits per heavy atom. The highest BCUT2D eigenvalue weighted by Gasteiger charge is 1.61. The Bertz CT molecular complexity index is 104. The molecule has 0 rings (SSSR count). The second-order valence-corrected chi connectivity index (χ2v) is 1.08. The van der Waals surface area contributed by atoms with Gasteiger partial charge in [-0.05, 0) is 0 Å². The van der Waals surface area contributed by atoms with Crippen molar-refractivity contribution in [1.29, 1.82) is 0 Å². The van der Waals surface area contributed by atoms with Crippen LogP contribution in [0.15, 0.2) is 22.8 Å². The lowest BCUT2D eigenvalue weighted by Crippen LogP contribution is -2.77. The van der Waals surface area contributed by atoms with E-state index in [0.717, 1.165) is 0 Å². The van der Waals surface area contributed by atoms with Crippen LogP contribution < -0.4 is 5.32 Å². The fourth-order valence-electron chi connectivity index (χ4n) is 0.210. The van der Waals surface area contributed by atoms with Gasteiger partial charge in [0.25, 0.3) is 0 Å². The Morgan fingerprint density at radius 2 is 2.25 bits per heavy atom. The maximum atomic E-state index is 3.74. The molecular formula is C5H10N3+. The van der Waals surface area contributed by atoms with Gasteiger partial charge in [0.15, 0.2) is 6.34 Å². The van der Waals surface area contributed by atoms with Gasteiger partial charge in [0.05, 0.1) is 7.05 Å². The van der Waals surface area contributed by atoms with Crippen molar-refractivity contribution in [1.82, 2.24) is 0 Å². The van der Waals surface area contributed by atoms with Gasteiger partial charge < -0.3 is 5.32 Å². The Morgan fingerprint density at radius 3 is 2.75 bits per heavy atom. The Hall–Kier alpha value is -0.960. The minimum atomic E-state index is 1.44. The summed E-state index contributed by atoms with van der Waals surface area (Å²) in [5.41, 5.74) is 0. The molecule has 0 bridgehead atoms. The van der Waals surface area contributed by atoms with Crippen molar-refractivity contribution in [2.24, 2.45) is 9.98 Å². The van der Waals surface area contributed by atoms with Crippen LogP contribution in [0.2, 0.25) is 0 Å². The van der Waals surface area contributed by atoms with Crippen LogP contribution in [0.4, 0.5) is 0 Å². The Labute approximate surface area is 48.8 Å². The van der Waals surface area contributed by atoms with E-state index < -0.39 is 0 Å². The zero-order valence-corrected chi connectivity index (χ0v) is 4.91. The minimum Gasteiger partial charge on any atom is -0.306 e. The van der Waals surface area contributed by atoms with Gasteiger partial charge in [0.2, 0.25) is 0 Å². The molecule has 8 heavy (non-hydrogen) atoms. The fourth-order valence-corrected chi connectivity index (χ4v) is 0.210. The average molecular weight is 112 g/mol. The molecule has 0 atom stereocenters. The van der Waals surface area contributed by atoms with Crippen LogP contribution in [0.25, 0.3) is 0 Å². The van der Waals surface area contributed by atoms with Gasteiger partial charge in [-0.2, -0.15) is 4.99 Å². The van der Waals surface area contributed by atoms with E-state index in [1.807, 2.05) is 12.4 Å². The van der Waals surface area contributed by atoms with Crippen molar-refractivity contribution >= 4 is 12.7 Å². The number of nitrogens with two attached hydrogens (primary N) is 1. The molecular weight excluding hydrogens is 102 g/mol. The third-order valence-electron chi connectivity index (χ3n) is 0.474. The minimum absolute atomic E-state index is 1.44. The zero-order valence-electron chi connectivity index (χ0n) is 4.91. The van der Waals surface area contributed by atoms with Crippen molar-refractivity contribution in [2.45, 2.75) is 0 Å². The lowest BCUT2D eigenvalue weighted by atomic mass is 11.0. The zero-order chi connectivity index (χ0) is 6.24. The molecule has 0 aliphatic heterocycles. The quantitative estimate of drug-likeness (QED) is 0.373. The van der Waals surface area contributed by atoms with E-state index in [1.165, 1.54) is 12.5 Å². The van der Waals surface area contributed by atoms with Crippen LogP contribution in [0.5, 0.6) is 0 Å². The highest BCUT2D eigenvalue weighted by molar-refractivity contribution is 5.66. The molecule has 0 heterocycles. The number of rotatable bonds is 3. The molecule has 0 aromatic carbocycles. The first-order valence-corrected chi connectivity index (χ1v) is 2.35. The second kappa shape index (κ2) is 6.04. The van der Waals surface area contributed by atoms with Crippen LogP contribution in [-0.4, -0.2) is 19.7 Å². The van der Waals surface area contributed by atoms with E-state index in [-0.39, 0.29) is 0 Å². The van der Waals surface area contributed by atoms with Gasteiger partial charge in [-0.25, -0.2) is 4.99 Å². The molecule has 0 unspecified atom stereocenters. The highest BCUT2D eigenvalue weighted by Crippen LogP contribution is 1.61. The van der Waals surface area contributed by atoms with E-state index in [1.54, 1.807) is 6.34 Å². The molecule has 0 aliphatic carbocycles. The summed E-state index contributed by atoms with van der Waals surface area (Å²) in [5.74, 6) is 0. The Kier molecular flexibility index (Phi) is 5.32. The summed E-state index contributed by atoms with van der Waals surface area (Å²) < 4.78 is 0. The smallest absolute Gasteiger partial charge is 0.187 e. The van der Waals surface area contributed by atoms with Crippen molar-refractivity contribution in [3.8, 4) is 0 Å². The summed E-state index contributed by atoms with van der Waals surface area (Å²) in [7, 11) is 1.89. The predicted octanol–water partition coefficient (Wildman–Crippen LogP) is -0.620. The summed E-state index contributed by atoms with van der Waals surface area (Å²) in [6.45, 7) is 3.38. The van der Waals surface area contributed by atoms with E-state index >= 15 is 0 Å². The lowest BCUT2D eigenvalue weighted by molar-refractivity contribution is -0.496. The van der Waals surface area contributed by atoms with Crippen molar-refractivity contribution in [2.75, 3.05) is 7.05 Å². The first-order valence-electron chi connectivity index (χ1n) is 2.35. The number of hydrogen-bond donors (Lipinski definition) is 1. The largest absolute Gasteiger partial charge is 0.306 e. The maximum Gasteiger partial charge on any atom is 0.187 e. The molecule has 0 radical (unpaired) electrons. The van der Waals surface area contributed by atoms with Gasteiger partial charge in [0.1, 0.15) is 6.34 Å². The first kappa shape index (κ1) is 7.04. The van der Waals surface area contributed by atoms with Gasteiger partial charge in [-0.1, -0.05) is 6.58 Å². The van der Waals surface area contributed by atoms with Crippen molar-refractivity contribution < 1.29 is 5.32 Å². The third kappa shape index (κ3) is 5.04. The molecule has 3 nitrogen and oxygen atoms in total. The molecule has 0 fully saturated rings. The molecule has 0 aliphatic rings. The maximum absolute atomic E-state index is 3.74. The molecule has 0 saturated heterocycles. The number of quaternary nitrogens is 1. The van der Waals surface area contributed by atoms with Crippen LogP contribution in [0.3, 0.4) is 0 Å².